The van der Waals surface area contributed by atoms with Crippen LogP contribution in [0.4, 0.5) is 8.78 Å². The molecule has 0 heterocycles. The van der Waals surface area contributed by atoms with Crippen LogP contribution in [-0.2, 0) is 11.3 Å². The Kier molecular flexibility index (Phi) is 7.61. The minimum Gasteiger partial charge on any atom is -0.380 e. The van der Waals surface area contributed by atoms with Crippen LogP contribution in [0.1, 0.15) is 75.3 Å². The fourth-order valence-corrected chi connectivity index (χ4v) is 4.48. The van der Waals surface area contributed by atoms with E-state index in [1.807, 2.05) is 18.2 Å². The van der Waals surface area contributed by atoms with E-state index < -0.39 is 0 Å². The van der Waals surface area contributed by atoms with E-state index in [9.17, 15) is 8.78 Å². The molecule has 0 aliphatic heterocycles. The summed E-state index contributed by atoms with van der Waals surface area (Å²) in [4.78, 5) is 0. The average Bonchev–Trinajstić information content (AvgIpc) is 2.70. The van der Waals surface area contributed by atoms with Crippen molar-refractivity contribution in [2.75, 3.05) is 7.11 Å². The molecule has 1 nitrogen and oxygen atoms in total. The molecular formula is C25H32F2O. The van der Waals surface area contributed by atoms with Crippen LogP contribution >= 0.6 is 0 Å². The zero-order valence-corrected chi connectivity index (χ0v) is 17.1. The Balaban J connectivity index is 1.66. The number of halogens is 2. The van der Waals surface area contributed by atoms with E-state index in [1.54, 1.807) is 19.2 Å². The molecule has 0 N–H and O–H groups in total. The summed E-state index contributed by atoms with van der Waals surface area (Å²) in [5.74, 6) is 0.662. The molecule has 3 heteroatoms. The summed E-state index contributed by atoms with van der Waals surface area (Å²) >= 11 is 0. The van der Waals surface area contributed by atoms with Crippen molar-refractivity contribution in [1.29, 1.82) is 0 Å². The van der Waals surface area contributed by atoms with Crippen LogP contribution < -0.4 is 0 Å². The molecule has 152 valence electrons. The smallest absolute Gasteiger partial charge is 0.129 e. The molecule has 1 aliphatic rings. The molecule has 0 spiro atoms. The first kappa shape index (κ1) is 21.0. The SMILES string of the molecule is CCCCCC1CCC(c2ccc(-c3ccc(COC)c(F)c3)cc2F)CC1. The van der Waals surface area contributed by atoms with Crippen molar-refractivity contribution in [3.63, 3.8) is 0 Å². The van der Waals surface area contributed by atoms with Crippen LogP contribution in [0.2, 0.25) is 0 Å². The molecular weight excluding hydrogens is 354 g/mol. The Labute approximate surface area is 168 Å². The summed E-state index contributed by atoms with van der Waals surface area (Å²) in [6.45, 7) is 2.48. The van der Waals surface area contributed by atoms with Gasteiger partial charge in [0, 0.05) is 12.7 Å². The van der Waals surface area contributed by atoms with Crippen molar-refractivity contribution in [2.24, 2.45) is 5.92 Å². The van der Waals surface area contributed by atoms with Crippen molar-refractivity contribution >= 4 is 0 Å². The van der Waals surface area contributed by atoms with Gasteiger partial charge in [0.1, 0.15) is 11.6 Å². The molecule has 0 unspecified atom stereocenters. The molecule has 28 heavy (non-hydrogen) atoms. The van der Waals surface area contributed by atoms with Crippen molar-refractivity contribution in [1.82, 2.24) is 0 Å². The first-order valence-electron chi connectivity index (χ1n) is 10.7. The predicted molar refractivity (Wildman–Crippen MR) is 111 cm³/mol. The molecule has 0 saturated heterocycles. The van der Waals surface area contributed by atoms with Crippen molar-refractivity contribution in [3.8, 4) is 11.1 Å². The molecule has 1 aliphatic carbocycles. The number of hydrogen-bond acceptors (Lipinski definition) is 1. The van der Waals surface area contributed by atoms with Gasteiger partial charge in [-0.15, -0.1) is 0 Å². The third kappa shape index (κ3) is 5.20. The van der Waals surface area contributed by atoms with Gasteiger partial charge in [0.15, 0.2) is 0 Å². The second-order valence-corrected chi connectivity index (χ2v) is 8.19. The summed E-state index contributed by atoms with van der Waals surface area (Å²) in [5, 5.41) is 0. The summed E-state index contributed by atoms with van der Waals surface area (Å²) < 4.78 is 34.0. The highest BCUT2D eigenvalue weighted by Crippen LogP contribution is 2.39. The molecule has 0 radical (unpaired) electrons. The minimum atomic E-state index is -0.315. The van der Waals surface area contributed by atoms with E-state index in [1.165, 1.54) is 44.6 Å². The van der Waals surface area contributed by atoms with Crippen LogP contribution in [0.25, 0.3) is 11.1 Å². The monoisotopic (exact) mass is 386 g/mol. The maximum atomic E-state index is 14.9. The summed E-state index contributed by atoms with van der Waals surface area (Å²) in [6, 6.07) is 10.4. The lowest BCUT2D eigenvalue weighted by atomic mass is 9.76. The normalized spacial score (nSPS) is 19.7. The molecule has 1 fully saturated rings. The first-order chi connectivity index (χ1) is 13.6. The van der Waals surface area contributed by atoms with Crippen molar-refractivity contribution in [3.05, 3.63) is 59.2 Å². The van der Waals surface area contributed by atoms with E-state index in [0.29, 0.717) is 17.0 Å². The Morgan fingerprint density at radius 1 is 0.893 bits per heavy atom. The van der Waals surface area contributed by atoms with Crippen LogP contribution in [-0.4, -0.2) is 7.11 Å². The number of benzene rings is 2. The van der Waals surface area contributed by atoms with Gasteiger partial charge < -0.3 is 4.74 Å². The fourth-order valence-electron chi connectivity index (χ4n) is 4.48. The lowest BCUT2D eigenvalue weighted by molar-refractivity contribution is 0.181. The van der Waals surface area contributed by atoms with Crippen LogP contribution in [0.15, 0.2) is 36.4 Å². The van der Waals surface area contributed by atoms with Gasteiger partial charge in [0.05, 0.1) is 6.61 Å². The Hall–Kier alpha value is -1.74. The molecule has 0 atom stereocenters. The molecule has 2 aromatic carbocycles. The predicted octanol–water partition coefficient (Wildman–Crippen LogP) is 7.63. The van der Waals surface area contributed by atoms with Crippen molar-refractivity contribution < 1.29 is 13.5 Å². The van der Waals surface area contributed by atoms with Crippen LogP contribution in [0.5, 0.6) is 0 Å². The lowest BCUT2D eigenvalue weighted by Crippen LogP contribution is -2.14. The second-order valence-electron chi connectivity index (χ2n) is 8.19. The quantitative estimate of drug-likeness (QED) is 0.424. The van der Waals surface area contributed by atoms with Crippen LogP contribution in [0, 0.1) is 17.6 Å². The molecule has 0 bridgehead atoms. The summed E-state index contributed by atoms with van der Waals surface area (Å²) in [7, 11) is 1.54. The topological polar surface area (TPSA) is 9.23 Å². The van der Waals surface area contributed by atoms with Gasteiger partial charge in [-0.3, -0.25) is 0 Å². The van der Waals surface area contributed by atoms with Crippen LogP contribution in [0.3, 0.4) is 0 Å². The zero-order chi connectivity index (χ0) is 19.9. The summed E-state index contributed by atoms with van der Waals surface area (Å²) in [5.41, 5.74) is 2.76. The van der Waals surface area contributed by atoms with E-state index >= 15 is 0 Å². The standard InChI is InChI=1S/C25H32F2O/c1-3-4-5-6-18-7-9-19(10-8-18)23-14-13-21(16-25(23)27)20-11-12-22(17-28-2)24(26)15-20/h11-16,18-19H,3-10,17H2,1-2H3. The number of ether oxygens (including phenoxy) is 1. The zero-order valence-electron chi connectivity index (χ0n) is 17.1. The van der Waals surface area contributed by atoms with Crippen molar-refractivity contribution in [2.45, 2.75) is 70.8 Å². The Morgan fingerprint density at radius 3 is 2.18 bits per heavy atom. The summed E-state index contributed by atoms with van der Waals surface area (Å²) in [6.07, 6.45) is 9.82. The highest BCUT2D eigenvalue weighted by molar-refractivity contribution is 5.64. The maximum absolute atomic E-state index is 14.9. The van der Waals surface area contributed by atoms with E-state index in [4.69, 9.17) is 4.74 Å². The highest BCUT2D eigenvalue weighted by atomic mass is 19.1. The number of methoxy groups -OCH3 is 1. The van der Waals surface area contributed by atoms with Gasteiger partial charge in [-0.2, -0.15) is 0 Å². The molecule has 1 saturated carbocycles. The third-order valence-corrected chi connectivity index (χ3v) is 6.19. The fraction of sp³-hybridized carbons (Fsp3) is 0.520. The Morgan fingerprint density at radius 2 is 1.57 bits per heavy atom. The van der Waals surface area contributed by atoms with Gasteiger partial charge in [0.2, 0.25) is 0 Å². The number of hydrogen-bond donors (Lipinski definition) is 0. The molecule has 3 rings (SSSR count). The number of rotatable bonds is 8. The van der Waals surface area contributed by atoms with Gasteiger partial charge >= 0.3 is 0 Å². The second kappa shape index (κ2) is 10.2. The van der Waals surface area contributed by atoms with E-state index in [-0.39, 0.29) is 18.2 Å². The highest BCUT2D eigenvalue weighted by Gasteiger charge is 2.24. The van der Waals surface area contributed by atoms with E-state index in [2.05, 4.69) is 6.92 Å². The average molecular weight is 387 g/mol. The maximum Gasteiger partial charge on any atom is 0.129 e. The minimum absolute atomic E-state index is 0.159. The number of unbranched alkanes of at least 4 members (excludes halogenated alkanes) is 2. The molecule has 0 amide bonds. The third-order valence-electron chi connectivity index (χ3n) is 6.19. The van der Waals surface area contributed by atoms with Gasteiger partial charge in [0.25, 0.3) is 0 Å². The lowest BCUT2D eigenvalue weighted by Gasteiger charge is -2.29. The largest absolute Gasteiger partial charge is 0.380 e. The first-order valence-corrected chi connectivity index (χ1v) is 10.7. The Bertz CT molecular complexity index is 763. The molecule has 0 aromatic heterocycles. The van der Waals surface area contributed by atoms with E-state index in [0.717, 1.165) is 29.9 Å². The van der Waals surface area contributed by atoms with Gasteiger partial charge in [-0.25, -0.2) is 8.78 Å². The van der Waals surface area contributed by atoms with Gasteiger partial charge in [-0.05, 0) is 66.3 Å². The van der Waals surface area contributed by atoms with Gasteiger partial charge in [-0.1, -0.05) is 56.9 Å². The molecule has 2 aromatic rings.